The van der Waals surface area contributed by atoms with E-state index in [9.17, 15) is 9.90 Å². The minimum atomic E-state index is -0.933. The van der Waals surface area contributed by atoms with Crippen LogP contribution in [0, 0.1) is 11.8 Å². The standard InChI is InChI=1S/C21H28O5/c22-16-10-18-17(14-24-13-15-6-2-1-3-7-15)19(12-21(18,23)11-16)26-20-8-4-5-9-25-20/h1-3,6-7,17-20,23H,4-5,8-14H2. The van der Waals surface area contributed by atoms with Crippen LogP contribution in [-0.2, 0) is 25.6 Å². The lowest BCUT2D eigenvalue weighted by Crippen LogP contribution is -2.33. The molecule has 5 nitrogen and oxygen atoms in total. The minimum absolute atomic E-state index is 0.0284. The third-order valence-electron chi connectivity index (χ3n) is 6.08. The number of aliphatic hydroxyl groups is 1. The largest absolute Gasteiger partial charge is 0.389 e. The van der Waals surface area contributed by atoms with Crippen LogP contribution in [0.15, 0.2) is 30.3 Å². The van der Waals surface area contributed by atoms with Crippen molar-refractivity contribution in [2.75, 3.05) is 13.2 Å². The average Bonchev–Trinajstić information content (AvgIpc) is 3.06. The molecule has 1 saturated heterocycles. The van der Waals surface area contributed by atoms with E-state index in [0.29, 0.717) is 26.1 Å². The first kappa shape index (κ1) is 18.1. The van der Waals surface area contributed by atoms with Crippen molar-refractivity contribution >= 4 is 5.78 Å². The maximum atomic E-state index is 11.9. The van der Waals surface area contributed by atoms with Gasteiger partial charge in [-0.15, -0.1) is 0 Å². The van der Waals surface area contributed by atoms with Crippen LogP contribution in [0.25, 0.3) is 0 Å². The van der Waals surface area contributed by atoms with Crippen molar-refractivity contribution in [1.82, 2.24) is 0 Å². The van der Waals surface area contributed by atoms with Crippen LogP contribution < -0.4 is 0 Å². The molecule has 0 radical (unpaired) electrons. The fraction of sp³-hybridized carbons (Fsp3) is 0.667. The van der Waals surface area contributed by atoms with Crippen LogP contribution in [-0.4, -0.2) is 42.1 Å². The first-order valence-electron chi connectivity index (χ1n) is 9.77. The Kier molecular flexibility index (Phi) is 5.41. The van der Waals surface area contributed by atoms with Crippen LogP contribution >= 0.6 is 0 Å². The summed E-state index contributed by atoms with van der Waals surface area (Å²) in [4.78, 5) is 11.9. The molecule has 3 fully saturated rings. The fourth-order valence-corrected chi connectivity index (χ4v) is 4.79. The Bertz CT molecular complexity index is 612. The first-order valence-corrected chi connectivity index (χ1v) is 9.77. The topological polar surface area (TPSA) is 65.0 Å². The normalized spacial score (nSPS) is 37.0. The van der Waals surface area contributed by atoms with Gasteiger partial charge in [0.2, 0.25) is 0 Å². The maximum absolute atomic E-state index is 11.9. The summed E-state index contributed by atoms with van der Waals surface area (Å²) in [6.07, 6.45) is 3.96. The highest BCUT2D eigenvalue weighted by Crippen LogP contribution is 2.51. The highest BCUT2D eigenvalue weighted by molar-refractivity contribution is 5.83. The Labute approximate surface area is 154 Å². The molecule has 5 unspecified atom stereocenters. The van der Waals surface area contributed by atoms with Crippen LogP contribution in [0.5, 0.6) is 0 Å². The molecule has 142 valence electrons. The number of ether oxygens (including phenoxy) is 3. The molecule has 0 amide bonds. The van der Waals surface area contributed by atoms with Crippen LogP contribution in [0.4, 0.5) is 0 Å². The van der Waals surface area contributed by atoms with Crippen molar-refractivity contribution in [3.05, 3.63) is 35.9 Å². The summed E-state index contributed by atoms with van der Waals surface area (Å²) in [6, 6.07) is 10.0. The number of carbonyl (C=O) groups is 1. The van der Waals surface area contributed by atoms with Gasteiger partial charge in [-0.1, -0.05) is 30.3 Å². The monoisotopic (exact) mass is 360 g/mol. The number of rotatable bonds is 6. The molecule has 1 aromatic rings. The lowest BCUT2D eigenvalue weighted by atomic mass is 9.89. The molecule has 2 saturated carbocycles. The second-order valence-corrected chi connectivity index (χ2v) is 7.97. The van der Waals surface area contributed by atoms with E-state index in [1.54, 1.807) is 0 Å². The summed E-state index contributed by atoms with van der Waals surface area (Å²) < 4.78 is 17.9. The number of hydrogen-bond acceptors (Lipinski definition) is 5. The molecule has 2 aliphatic carbocycles. The van der Waals surface area contributed by atoms with Gasteiger partial charge in [-0.3, -0.25) is 4.79 Å². The SMILES string of the molecule is O=C1CC2C(COCc3ccccc3)C(OC3CCCCO3)CC2(O)C1. The zero-order chi connectivity index (χ0) is 18.0. The van der Waals surface area contributed by atoms with Crippen molar-refractivity contribution < 1.29 is 24.1 Å². The van der Waals surface area contributed by atoms with E-state index < -0.39 is 5.60 Å². The average molecular weight is 360 g/mol. The van der Waals surface area contributed by atoms with Crippen LogP contribution in [0.2, 0.25) is 0 Å². The van der Waals surface area contributed by atoms with E-state index in [0.717, 1.165) is 31.4 Å². The number of benzene rings is 1. The quantitative estimate of drug-likeness (QED) is 0.845. The van der Waals surface area contributed by atoms with Crippen molar-refractivity contribution in [1.29, 1.82) is 0 Å². The highest BCUT2D eigenvalue weighted by atomic mass is 16.7. The fourth-order valence-electron chi connectivity index (χ4n) is 4.79. The zero-order valence-electron chi connectivity index (χ0n) is 15.1. The molecule has 5 atom stereocenters. The second-order valence-electron chi connectivity index (χ2n) is 7.97. The summed E-state index contributed by atoms with van der Waals surface area (Å²) in [5.41, 5.74) is 0.188. The third-order valence-corrected chi connectivity index (χ3v) is 6.08. The third kappa shape index (κ3) is 3.86. The Hall–Kier alpha value is -1.27. The first-order chi connectivity index (χ1) is 12.6. The predicted octanol–water partition coefficient (Wildman–Crippen LogP) is 2.85. The van der Waals surface area contributed by atoms with Crippen molar-refractivity contribution in [3.63, 3.8) is 0 Å². The Morgan fingerprint density at radius 3 is 2.85 bits per heavy atom. The molecule has 1 N–H and O–H groups in total. The van der Waals surface area contributed by atoms with Gasteiger partial charge in [0.1, 0.15) is 5.78 Å². The summed E-state index contributed by atoms with van der Waals surface area (Å²) in [6.45, 7) is 1.76. The molecular formula is C21H28O5. The van der Waals surface area contributed by atoms with Gasteiger partial charge < -0.3 is 19.3 Å². The van der Waals surface area contributed by atoms with Gasteiger partial charge in [-0.05, 0) is 24.8 Å². The molecule has 5 heteroatoms. The summed E-state index contributed by atoms with van der Waals surface area (Å²) in [7, 11) is 0. The molecule has 1 heterocycles. The molecule has 26 heavy (non-hydrogen) atoms. The van der Waals surface area contributed by atoms with Crippen molar-refractivity contribution in [2.24, 2.45) is 11.8 Å². The Morgan fingerprint density at radius 2 is 2.08 bits per heavy atom. The predicted molar refractivity (Wildman–Crippen MR) is 95.3 cm³/mol. The van der Waals surface area contributed by atoms with Crippen LogP contribution in [0.1, 0.15) is 44.1 Å². The lowest BCUT2D eigenvalue weighted by molar-refractivity contribution is -0.200. The van der Waals surface area contributed by atoms with E-state index in [-0.39, 0.29) is 36.4 Å². The zero-order valence-corrected chi connectivity index (χ0v) is 15.1. The van der Waals surface area contributed by atoms with Crippen molar-refractivity contribution in [3.8, 4) is 0 Å². The van der Waals surface area contributed by atoms with Crippen molar-refractivity contribution in [2.45, 2.75) is 63.1 Å². The summed E-state index contributed by atoms with van der Waals surface area (Å²) in [5.74, 6) is 0.109. The van der Waals surface area contributed by atoms with E-state index in [4.69, 9.17) is 14.2 Å². The molecule has 0 aromatic heterocycles. The van der Waals surface area contributed by atoms with Gasteiger partial charge in [0.25, 0.3) is 0 Å². The second kappa shape index (κ2) is 7.77. The summed E-state index contributed by atoms with van der Waals surface area (Å²) in [5, 5.41) is 11.0. The number of fused-ring (bicyclic) bond motifs is 1. The molecule has 4 rings (SSSR count). The number of ketones is 1. The van der Waals surface area contributed by atoms with E-state index >= 15 is 0 Å². The Morgan fingerprint density at radius 1 is 1.23 bits per heavy atom. The molecule has 1 aromatic carbocycles. The van der Waals surface area contributed by atoms with E-state index in [1.807, 2.05) is 30.3 Å². The minimum Gasteiger partial charge on any atom is -0.389 e. The van der Waals surface area contributed by atoms with Gasteiger partial charge in [0.15, 0.2) is 6.29 Å². The maximum Gasteiger partial charge on any atom is 0.157 e. The van der Waals surface area contributed by atoms with Gasteiger partial charge >= 0.3 is 0 Å². The highest BCUT2D eigenvalue weighted by Gasteiger charge is 2.58. The van der Waals surface area contributed by atoms with Gasteiger partial charge in [-0.2, -0.15) is 0 Å². The smallest absolute Gasteiger partial charge is 0.157 e. The number of Topliss-reactive ketones (excluding diaryl/α,β-unsaturated/α-hetero) is 1. The van der Waals surface area contributed by atoms with E-state index in [1.165, 1.54) is 0 Å². The summed E-state index contributed by atoms with van der Waals surface area (Å²) >= 11 is 0. The van der Waals surface area contributed by atoms with Gasteiger partial charge in [0.05, 0.1) is 24.9 Å². The lowest BCUT2D eigenvalue weighted by Gasteiger charge is -2.30. The van der Waals surface area contributed by atoms with Gasteiger partial charge in [-0.25, -0.2) is 0 Å². The molecule has 0 bridgehead atoms. The number of carbonyl (C=O) groups excluding carboxylic acids is 1. The molecule has 3 aliphatic rings. The van der Waals surface area contributed by atoms with E-state index in [2.05, 4.69) is 0 Å². The Balaban J connectivity index is 1.41. The number of hydrogen-bond donors (Lipinski definition) is 1. The van der Waals surface area contributed by atoms with Crippen LogP contribution in [0.3, 0.4) is 0 Å². The molecular weight excluding hydrogens is 332 g/mol. The molecule has 0 spiro atoms. The molecule has 1 aliphatic heterocycles. The van der Waals surface area contributed by atoms with Gasteiger partial charge in [0, 0.05) is 37.7 Å².